The van der Waals surface area contributed by atoms with Crippen molar-refractivity contribution in [2.24, 2.45) is 0 Å². The molecule has 0 bridgehead atoms. The first-order chi connectivity index (χ1) is 3.83. The zero-order chi connectivity index (χ0) is 6.83. The lowest BCUT2D eigenvalue weighted by Crippen LogP contribution is -1.59. The standard InChI is InChI=1S/C5H12.OS2/c1-3-5-4-2;1-3-2/h3-5H2,1-2H3;/p+1. The molecule has 0 saturated carbocycles. The fraction of sp³-hybridized carbons (Fsp3) is 1.00. The Morgan fingerprint density at radius 2 is 1.62 bits per heavy atom. The molecule has 0 amide bonds. The van der Waals surface area contributed by atoms with Crippen LogP contribution in [-0.4, -0.2) is 0 Å². The maximum absolute atomic E-state index is 8.71. The third-order valence-corrected chi connectivity index (χ3v) is 0.707. The number of rotatable bonds is 2. The van der Waals surface area contributed by atoms with Gasteiger partial charge in [0.1, 0.15) is 0 Å². The maximum Gasteiger partial charge on any atom is 0.545 e. The first-order valence-electron chi connectivity index (χ1n) is 2.76. The molecule has 0 rings (SSSR count). The van der Waals surface area contributed by atoms with E-state index < -0.39 is 0 Å². The Kier molecular flexibility index (Phi) is 21.9. The second-order valence-corrected chi connectivity index (χ2v) is 2.02. The molecule has 0 spiro atoms. The van der Waals surface area contributed by atoms with E-state index in [0.29, 0.717) is 0 Å². The second kappa shape index (κ2) is 15.7. The Labute approximate surface area is 60.2 Å². The average molecular weight is 153 g/mol. The molecule has 0 aromatic rings. The summed E-state index contributed by atoms with van der Waals surface area (Å²) in [5, 5.41) is 0. The summed E-state index contributed by atoms with van der Waals surface area (Å²) in [7, 11) is 0.194. The van der Waals surface area contributed by atoms with Crippen LogP contribution in [0.2, 0.25) is 0 Å². The maximum atomic E-state index is 8.71. The summed E-state index contributed by atoms with van der Waals surface area (Å²) in [5.74, 6) is 0. The van der Waals surface area contributed by atoms with Crippen molar-refractivity contribution in [3.63, 3.8) is 0 Å². The minimum Gasteiger partial charge on any atom is -0.0654 e. The Morgan fingerprint density at radius 1 is 1.38 bits per heavy atom. The summed E-state index contributed by atoms with van der Waals surface area (Å²) < 4.78 is 8.71. The summed E-state index contributed by atoms with van der Waals surface area (Å²) in [4.78, 5) is 0. The van der Waals surface area contributed by atoms with Gasteiger partial charge in [0.25, 0.3) is 0 Å². The van der Waals surface area contributed by atoms with Gasteiger partial charge in [-0.25, -0.2) is 0 Å². The number of thiol groups is 1. The molecular formula is C5H13OS2+. The topological polar surface area (TPSA) is 17.1 Å². The van der Waals surface area contributed by atoms with Crippen LogP contribution in [0.5, 0.6) is 0 Å². The second-order valence-electron chi connectivity index (χ2n) is 1.43. The highest BCUT2D eigenvalue weighted by molar-refractivity contribution is 8.51. The number of hydrogen-bond donors (Lipinski definition) is 1. The minimum absolute atomic E-state index is 0.194. The van der Waals surface area contributed by atoms with Crippen molar-refractivity contribution in [2.45, 2.75) is 33.1 Å². The summed E-state index contributed by atoms with van der Waals surface area (Å²) >= 11 is 3.15. The molecule has 0 radical (unpaired) electrons. The highest BCUT2D eigenvalue weighted by Gasteiger charge is 1.68. The van der Waals surface area contributed by atoms with Gasteiger partial charge >= 0.3 is 10.7 Å². The van der Waals surface area contributed by atoms with Crippen molar-refractivity contribution in [1.82, 2.24) is 0 Å². The van der Waals surface area contributed by atoms with Gasteiger partial charge in [-0.1, -0.05) is 33.1 Å². The molecule has 0 unspecified atom stereocenters. The predicted octanol–water partition coefficient (Wildman–Crippen LogP) is 2.46. The molecule has 50 valence electrons. The van der Waals surface area contributed by atoms with E-state index in [2.05, 4.69) is 25.5 Å². The zero-order valence-electron chi connectivity index (χ0n) is 5.39. The summed E-state index contributed by atoms with van der Waals surface area (Å²) in [5.41, 5.74) is 0. The van der Waals surface area contributed by atoms with Crippen LogP contribution in [0.4, 0.5) is 0 Å². The van der Waals surface area contributed by atoms with Crippen LogP contribution in [0.1, 0.15) is 33.1 Å². The first-order valence-corrected chi connectivity index (χ1v) is 4.56. The summed E-state index contributed by atoms with van der Waals surface area (Å²) in [6.07, 6.45) is 4.08. The van der Waals surface area contributed by atoms with Crippen molar-refractivity contribution < 1.29 is 4.21 Å². The molecule has 0 heterocycles. The molecule has 0 aromatic carbocycles. The van der Waals surface area contributed by atoms with E-state index in [4.69, 9.17) is 4.21 Å². The van der Waals surface area contributed by atoms with Gasteiger partial charge in [0.05, 0.1) is 4.21 Å². The van der Waals surface area contributed by atoms with Gasteiger partial charge in [0.15, 0.2) is 0 Å². The van der Waals surface area contributed by atoms with E-state index in [9.17, 15) is 0 Å². The lowest BCUT2D eigenvalue weighted by molar-refractivity contribution is 0.611. The molecule has 0 aromatic heterocycles. The Morgan fingerprint density at radius 3 is 1.62 bits per heavy atom. The fourth-order valence-electron chi connectivity index (χ4n) is 0.354. The smallest absolute Gasteiger partial charge is 0.0654 e. The van der Waals surface area contributed by atoms with Crippen molar-refractivity contribution >= 4 is 22.4 Å². The third kappa shape index (κ3) is 32.7. The number of unbranched alkanes of at least 4 members (excludes halogenated alkanes) is 2. The molecule has 0 aliphatic rings. The van der Waals surface area contributed by atoms with Gasteiger partial charge in [0, 0.05) is 0 Å². The first kappa shape index (κ1) is 11.2. The van der Waals surface area contributed by atoms with Crippen LogP contribution in [0.3, 0.4) is 0 Å². The normalized spacial score (nSPS) is 6.88. The van der Waals surface area contributed by atoms with Gasteiger partial charge in [-0.2, -0.15) is 0 Å². The summed E-state index contributed by atoms with van der Waals surface area (Å²) in [6, 6.07) is 0. The molecular weight excluding hydrogens is 140 g/mol. The van der Waals surface area contributed by atoms with Gasteiger partial charge in [0.2, 0.25) is 11.7 Å². The SMILES string of the molecule is CCCCC.O=[S+]S. The molecule has 3 heteroatoms. The molecule has 1 nitrogen and oxygen atoms in total. The Hall–Kier alpha value is 0.370. The van der Waals surface area contributed by atoms with E-state index in [1.54, 1.807) is 0 Å². The average Bonchev–Trinajstić information content (AvgIpc) is 1.71. The summed E-state index contributed by atoms with van der Waals surface area (Å²) in [6.45, 7) is 4.42. The van der Waals surface area contributed by atoms with Gasteiger partial charge < -0.3 is 0 Å². The molecule has 0 fully saturated rings. The van der Waals surface area contributed by atoms with E-state index >= 15 is 0 Å². The van der Waals surface area contributed by atoms with Crippen molar-refractivity contribution in [2.75, 3.05) is 0 Å². The van der Waals surface area contributed by atoms with E-state index in [1.807, 2.05) is 0 Å². The van der Waals surface area contributed by atoms with E-state index in [0.717, 1.165) is 0 Å². The quantitative estimate of drug-likeness (QED) is 0.366. The Bertz CT molecular complexity index is 37.4. The molecule has 0 N–H and O–H groups in total. The van der Waals surface area contributed by atoms with Crippen LogP contribution in [0.25, 0.3) is 0 Å². The molecule has 0 atom stereocenters. The van der Waals surface area contributed by atoms with Crippen LogP contribution in [-0.2, 0) is 14.9 Å². The molecule has 0 saturated heterocycles. The monoisotopic (exact) mass is 153 g/mol. The number of hydrogen-bond acceptors (Lipinski definition) is 1. The lowest BCUT2D eigenvalue weighted by Gasteiger charge is -1.79. The van der Waals surface area contributed by atoms with Crippen LogP contribution >= 0.6 is 11.7 Å². The van der Waals surface area contributed by atoms with Crippen LogP contribution in [0, 0.1) is 0 Å². The molecule has 0 aliphatic carbocycles. The molecule has 8 heavy (non-hydrogen) atoms. The van der Waals surface area contributed by atoms with Crippen LogP contribution < -0.4 is 0 Å². The van der Waals surface area contributed by atoms with Crippen molar-refractivity contribution in [3.8, 4) is 0 Å². The van der Waals surface area contributed by atoms with E-state index in [-0.39, 0.29) is 10.7 Å². The Balaban J connectivity index is 0. The third-order valence-electron chi connectivity index (χ3n) is 0.707. The predicted molar refractivity (Wildman–Crippen MR) is 42.2 cm³/mol. The van der Waals surface area contributed by atoms with Gasteiger partial charge in [-0.05, 0) is 0 Å². The largest absolute Gasteiger partial charge is 0.545 e. The van der Waals surface area contributed by atoms with E-state index in [1.165, 1.54) is 19.3 Å². The van der Waals surface area contributed by atoms with Crippen molar-refractivity contribution in [1.29, 1.82) is 0 Å². The highest BCUT2D eigenvalue weighted by atomic mass is 33.1. The van der Waals surface area contributed by atoms with Gasteiger partial charge in [-0.3, -0.25) is 0 Å². The zero-order valence-corrected chi connectivity index (χ0v) is 7.10. The highest BCUT2D eigenvalue weighted by Crippen LogP contribution is 1.88. The van der Waals surface area contributed by atoms with Gasteiger partial charge in [-0.15, -0.1) is 0 Å². The van der Waals surface area contributed by atoms with Crippen molar-refractivity contribution in [3.05, 3.63) is 0 Å². The fourth-order valence-corrected chi connectivity index (χ4v) is 0.354. The molecule has 0 aliphatic heterocycles. The van der Waals surface area contributed by atoms with Crippen LogP contribution in [0.15, 0.2) is 0 Å². The lowest BCUT2D eigenvalue weighted by atomic mass is 10.3. The minimum atomic E-state index is 0.194.